The standard InChI is InChI=1S/C21H19N5O4/c1-13-11-18(27)24-20(22-13)26-21(25-19(28)14-5-3-2-4-6-14)23-15-7-8-16-17(12-15)30-10-9-29-16/h2-8,11-12H,9-10H2,1H3,(H3,22,23,24,25,26,27,28). The maximum absolute atomic E-state index is 12.6. The number of carbonyl (C=O) groups excluding carboxylic acids is 1. The van der Waals surface area contributed by atoms with E-state index in [-0.39, 0.29) is 11.9 Å². The summed E-state index contributed by atoms with van der Waals surface area (Å²) in [7, 11) is 0. The number of ether oxygens (including phenoxy) is 2. The van der Waals surface area contributed by atoms with Crippen molar-refractivity contribution in [3.63, 3.8) is 0 Å². The Balaban J connectivity index is 1.65. The monoisotopic (exact) mass is 405 g/mol. The van der Waals surface area contributed by atoms with Crippen LogP contribution in [0, 0.1) is 6.92 Å². The van der Waals surface area contributed by atoms with Crippen LogP contribution in [0.3, 0.4) is 0 Å². The number of aromatic nitrogens is 2. The van der Waals surface area contributed by atoms with Crippen molar-refractivity contribution >= 4 is 23.5 Å². The Hall–Kier alpha value is -4.14. The number of rotatable bonds is 3. The van der Waals surface area contributed by atoms with Crippen LogP contribution in [0.5, 0.6) is 11.5 Å². The van der Waals surface area contributed by atoms with Gasteiger partial charge in [-0.15, -0.1) is 0 Å². The minimum absolute atomic E-state index is 0.0919. The molecule has 9 nitrogen and oxygen atoms in total. The maximum Gasteiger partial charge on any atom is 0.280 e. The topological polar surface area (TPSA) is 118 Å². The van der Waals surface area contributed by atoms with Crippen LogP contribution in [-0.2, 0) is 0 Å². The van der Waals surface area contributed by atoms with Crippen molar-refractivity contribution in [3.05, 3.63) is 76.2 Å². The lowest BCUT2D eigenvalue weighted by molar-refractivity contribution is 0.100. The first-order chi connectivity index (χ1) is 14.6. The van der Waals surface area contributed by atoms with Crippen molar-refractivity contribution in [2.75, 3.05) is 23.8 Å². The fourth-order valence-electron chi connectivity index (χ4n) is 2.84. The van der Waals surface area contributed by atoms with Gasteiger partial charge in [-0.2, -0.15) is 9.98 Å². The molecule has 4 rings (SSSR count). The van der Waals surface area contributed by atoms with Gasteiger partial charge >= 0.3 is 0 Å². The van der Waals surface area contributed by atoms with Gasteiger partial charge in [0.2, 0.25) is 11.9 Å². The average molecular weight is 405 g/mol. The molecule has 2 aromatic carbocycles. The number of carbonyl (C=O) groups is 1. The zero-order valence-corrected chi connectivity index (χ0v) is 16.1. The quantitative estimate of drug-likeness (QED) is 0.453. The summed E-state index contributed by atoms with van der Waals surface area (Å²) in [5, 5.41) is 5.91. The van der Waals surface area contributed by atoms with Gasteiger partial charge in [-0.05, 0) is 31.2 Å². The van der Waals surface area contributed by atoms with E-state index < -0.39 is 11.5 Å². The molecule has 0 fully saturated rings. The molecule has 1 aliphatic heterocycles. The third-order valence-electron chi connectivity index (χ3n) is 4.15. The molecule has 9 heteroatoms. The molecule has 3 aromatic rings. The summed E-state index contributed by atoms with van der Waals surface area (Å²) in [6, 6.07) is 15.3. The number of aliphatic imine (C=N–C) groups is 1. The second-order valence-corrected chi connectivity index (χ2v) is 6.49. The zero-order chi connectivity index (χ0) is 20.9. The van der Waals surface area contributed by atoms with Crippen LogP contribution in [0.2, 0.25) is 0 Å². The van der Waals surface area contributed by atoms with Gasteiger partial charge in [0.05, 0.1) is 0 Å². The van der Waals surface area contributed by atoms with Crippen LogP contribution < -0.4 is 25.7 Å². The predicted molar refractivity (Wildman–Crippen MR) is 112 cm³/mol. The SMILES string of the molecule is Cc1cc(=O)nc(N/C(=N\C(=O)c2ccccc2)Nc2ccc3c(c2)OCCO3)[nH]1. The Labute approximate surface area is 171 Å². The molecule has 0 unspecified atom stereocenters. The molecular weight excluding hydrogens is 386 g/mol. The van der Waals surface area contributed by atoms with Gasteiger partial charge < -0.3 is 19.8 Å². The van der Waals surface area contributed by atoms with Crippen LogP contribution in [0.1, 0.15) is 16.1 Å². The summed E-state index contributed by atoms with van der Waals surface area (Å²) in [6.07, 6.45) is 0. The Kier molecular flexibility index (Phi) is 5.42. The van der Waals surface area contributed by atoms with Crippen LogP contribution in [0.25, 0.3) is 0 Å². The molecule has 2 heterocycles. The van der Waals surface area contributed by atoms with Gasteiger partial charge in [-0.25, -0.2) is 0 Å². The maximum atomic E-state index is 12.6. The number of amides is 1. The lowest BCUT2D eigenvalue weighted by atomic mass is 10.2. The molecule has 1 aromatic heterocycles. The second-order valence-electron chi connectivity index (χ2n) is 6.49. The fourth-order valence-corrected chi connectivity index (χ4v) is 2.84. The molecule has 0 saturated carbocycles. The fraction of sp³-hybridized carbons (Fsp3) is 0.143. The molecule has 1 aliphatic rings. The summed E-state index contributed by atoms with van der Waals surface area (Å²) < 4.78 is 11.1. The van der Waals surface area contributed by atoms with E-state index in [0.717, 1.165) is 0 Å². The molecule has 152 valence electrons. The second kappa shape index (κ2) is 8.48. The highest BCUT2D eigenvalue weighted by Gasteiger charge is 2.14. The van der Waals surface area contributed by atoms with E-state index in [1.54, 1.807) is 49.4 Å². The summed E-state index contributed by atoms with van der Waals surface area (Å²) >= 11 is 0. The normalized spacial score (nSPS) is 12.9. The third kappa shape index (κ3) is 4.64. The highest BCUT2D eigenvalue weighted by atomic mass is 16.6. The van der Waals surface area contributed by atoms with Gasteiger partial charge in [-0.1, -0.05) is 18.2 Å². The van der Waals surface area contributed by atoms with Gasteiger partial charge in [0.15, 0.2) is 11.5 Å². The minimum atomic E-state index is -0.460. The number of benzene rings is 2. The van der Waals surface area contributed by atoms with E-state index in [1.807, 2.05) is 6.07 Å². The number of fused-ring (bicyclic) bond motifs is 1. The van der Waals surface area contributed by atoms with E-state index in [1.165, 1.54) is 6.07 Å². The highest BCUT2D eigenvalue weighted by Crippen LogP contribution is 2.32. The van der Waals surface area contributed by atoms with Gasteiger partial charge in [-0.3, -0.25) is 14.9 Å². The van der Waals surface area contributed by atoms with Crippen molar-refractivity contribution in [3.8, 4) is 11.5 Å². The van der Waals surface area contributed by atoms with Crippen molar-refractivity contribution < 1.29 is 14.3 Å². The van der Waals surface area contributed by atoms with Gasteiger partial charge in [0.25, 0.3) is 11.5 Å². The number of anilines is 2. The summed E-state index contributed by atoms with van der Waals surface area (Å²) in [6.45, 7) is 2.68. The summed E-state index contributed by atoms with van der Waals surface area (Å²) in [4.78, 5) is 35.2. The number of aryl methyl sites for hydroxylation is 1. The lowest BCUT2D eigenvalue weighted by Crippen LogP contribution is -2.26. The van der Waals surface area contributed by atoms with E-state index in [4.69, 9.17) is 9.47 Å². The van der Waals surface area contributed by atoms with Crippen molar-refractivity contribution in [2.24, 2.45) is 4.99 Å². The number of nitrogens with one attached hydrogen (secondary N) is 3. The zero-order valence-electron chi connectivity index (χ0n) is 16.1. The molecule has 1 amide bonds. The summed E-state index contributed by atoms with van der Waals surface area (Å²) in [5.74, 6) is 1.02. The molecule has 0 spiro atoms. The number of aromatic amines is 1. The van der Waals surface area contributed by atoms with E-state index in [9.17, 15) is 9.59 Å². The van der Waals surface area contributed by atoms with Crippen molar-refractivity contribution in [1.29, 1.82) is 0 Å². The Morgan fingerprint density at radius 2 is 1.80 bits per heavy atom. The van der Waals surface area contributed by atoms with Crippen molar-refractivity contribution in [2.45, 2.75) is 6.92 Å². The largest absolute Gasteiger partial charge is 0.486 e. The molecular formula is C21H19N5O4. The number of hydrogen-bond acceptors (Lipinski definition) is 5. The van der Waals surface area contributed by atoms with Crippen LogP contribution in [-0.4, -0.2) is 35.0 Å². The molecule has 0 atom stereocenters. The van der Waals surface area contributed by atoms with E-state index in [0.29, 0.717) is 41.7 Å². The molecule has 30 heavy (non-hydrogen) atoms. The molecule has 0 radical (unpaired) electrons. The molecule has 0 bridgehead atoms. The lowest BCUT2D eigenvalue weighted by Gasteiger charge is -2.19. The smallest absolute Gasteiger partial charge is 0.280 e. The van der Waals surface area contributed by atoms with E-state index >= 15 is 0 Å². The molecule has 0 saturated heterocycles. The Bertz CT molecular complexity index is 1160. The van der Waals surface area contributed by atoms with Gasteiger partial charge in [0.1, 0.15) is 13.2 Å². The van der Waals surface area contributed by atoms with Crippen molar-refractivity contribution in [1.82, 2.24) is 9.97 Å². The van der Waals surface area contributed by atoms with Crippen LogP contribution in [0.4, 0.5) is 11.6 Å². The minimum Gasteiger partial charge on any atom is -0.486 e. The first-order valence-corrected chi connectivity index (χ1v) is 9.26. The summed E-state index contributed by atoms with van der Waals surface area (Å²) in [5.41, 5.74) is 1.24. The Morgan fingerprint density at radius 3 is 2.57 bits per heavy atom. The molecule has 0 aliphatic carbocycles. The number of H-pyrrole nitrogens is 1. The number of guanidine groups is 1. The average Bonchev–Trinajstić information content (AvgIpc) is 2.73. The first kappa shape index (κ1) is 19.2. The van der Waals surface area contributed by atoms with Gasteiger partial charge in [0, 0.05) is 29.1 Å². The van der Waals surface area contributed by atoms with E-state index in [2.05, 4.69) is 25.6 Å². The number of nitrogens with zero attached hydrogens (tertiary/aromatic N) is 2. The van der Waals surface area contributed by atoms with Crippen LogP contribution in [0.15, 0.2) is 64.4 Å². The molecule has 3 N–H and O–H groups in total. The highest BCUT2D eigenvalue weighted by molar-refractivity contribution is 6.11. The van der Waals surface area contributed by atoms with Crippen LogP contribution >= 0.6 is 0 Å². The number of hydrogen-bond donors (Lipinski definition) is 3. The third-order valence-corrected chi connectivity index (χ3v) is 4.15. The predicted octanol–water partition coefficient (Wildman–Crippen LogP) is 2.57. The Morgan fingerprint density at radius 1 is 1.03 bits per heavy atom. The first-order valence-electron chi connectivity index (χ1n) is 9.26.